The van der Waals surface area contributed by atoms with E-state index in [2.05, 4.69) is 15.7 Å². The molecule has 1 aliphatic rings. The van der Waals surface area contributed by atoms with E-state index in [9.17, 15) is 14.4 Å². The maximum Gasteiger partial charge on any atom is 0.257 e. The number of amides is 3. The standard InChI is InChI=1S/C23H31N5O5/c1-4-10-28-14-19(16(2)26-28)23(31)27-11-5-8-25-22(30)18-7-6-17(32-3)13-20(18)33-12-9-24-21(29)15-27/h6-7,13-14H,4-5,8-12,15H2,1-3H3,(H,24,29)(H,25,30). The van der Waals surface area contributed by atoms with Crippen LogP contribution in [0.4, 0.5) is 0 Å². The summed E-state index contributed by atoms with van der Waals surface area (Å²) in [6, 6.07) is 4.97. The molecular weight excluding hydrogens is 426 g/mol. The van der Waals surface area contributed by atoms with Crippen LogP contribution in [0, 0.1) is 6.92 Å². The first-order valence-corrected chi connectivity index (χ1v) is 11.1. The van der Waals surface area contributed by atoms with Gasteiger partial charge in [-0.05, 0) is 31.9 Å². The molecule has 178 valence electrons. The molecule has 1 aromatic carbocycles. The lowest BCUT2D eigenvalue weighted by atomic mass is 10.1. The molecule has 2 N–H and O–H groups in total. The molecule has 0 bridgehead atoms. The first-order chi connectivity index (χ1) is 15.9. The van der Waals surface area contributed by atoms with Gasteiger partial charge in [0.05, 0.1) is 37.0 Å². The molecule has 0 unspecified atom stereocenters. The molecule has 2 aromatic rings. The Morgan fingerprint density at radius 3 is 2.82 bits per heavy atom. The zero-order valence-electron chi connectivity index (χ0n) is 19.3. The first kappa shape index (κ1) is 24.1. The van der Waals surface area contributed by atoms with Crippen LogP contribution in [0.2, 0.25) is 0 Å². The lowest BCUT2D eigenvalue weighted by Gasteiger charge is -2.23. The van der Waals surface area contributed by atoms with E-state index in [0.29, 0.717) is 54.4 Å². The highest BCUT2D eigenvalue weighted by Gasteiger charge is 2.23. The summed E-state index contributed by atoms with van der Waals surface area (Å²) in [4.78, 5) is 39.9. The van der Waals surface area contributed by atoms with Crippen molar-refractivity contribution < 1.29 is 23.9 Å². The predicted molar refractivity (Wildman–Crippen MR) is 122 cm³/mol. The third-order valence-electron chi connectivity index (χ3n) is 5.26. The largest absolute Gasteiger partial charge is 0.497 e. The van der Waals surface area contributed by atoms with Crippen molar-refractivity contribution >= 4 is 17.7 Å². The van der Waals surface area contributed by atoms with Gasteiger partial charge in [-0.25, -0.2) is 0 Å². The van der Waals surface area contributed by atoms with Crippen molar-refractivity contribution in [2.45, 2.75) is 33.2 Å². The Morgan fingerprint density at radius 1 is 1.24 bits per heavy atom. The number of aryl methyl sites for hydroxylation is 2. The molecule has 33 heavy (non-hydrogen) atoms. The van der Waals surface area contributed by atoms with E-state index in [1.54, 1.807) is 36.0 Å². The molecule has 3 amide bonds. The Bertz CT molecular complexity index is 1000. The van der Waals surface area contributed by atoms with Crippen molar-refractivity contribution in [1.29, 1.82) is 0 Å². The monoisotopic (exact) mass is 457 g/mol. The molecule has 1 aromatic heterocycles. The zero-order valence-corrected chi connectivity index (χ0v) is 19.3. The molecule has 0 atom stereocenters. The highest BCUT2D eigenvalue weighted by Crippen LogP contribution is 2.25. The molecule has 0 saturated heterocycles. The third-order valence-corrected chi connectivity index (χ3v) is 5.26. The summed E-state index contributed by atoms with van der Waals surface area (Å²) >= 11 is 0. The molecule has 3 rings (SSSR count). The summed E-state index contributed by atoms with van der Waals surface area (Å²) in [7, 11) is 1.54. The molecule has 1 aliphatic heterocycles. The van der Waals surface area contributed by atoms with Gasteiger partial charge in [-0.3, -0.25) is 19.1 Å². The molecular formula is C23H31N5O5. The van der Waals surface area contributed by atoms with Crippen LogP contribution in [0.15, 0.2) is 24.4 Å². The van der Waals surface area contributed by atoms with Gasteiger partial charge in [0.1, 0.15) is 18.1 Å². The van der Waals surface area contributed by atoms with Gasteiger partial charge in [-0.2, -0.15) is 5.10 Å². The molecule has 0 spiro atoms. The van der Waals surface area contributed by atoms with Gasteiger partial charge in [-0.1, -0.05) is 6.92 Å². The Hall–Kier alpha value is -3.56. The molecule has 10 heteroatoms. The second-order valence-corrected chi connectivity index (χ2v) is 7.79. The summed E-state index contributed by atoms with van der Waals surface area (Å²) in [5.74, 6) is 0.144. The second-order valence-electron chi connectivity index (χ2n) is 7.79. The normalized spacial score (nSPS) is 15.5. The Labute approximate surface area is 193 Å². The second kappa shape index (κ2) is 11.3. The molecule has 2 heterocycles. The number of aromatic nitrogens is 2. The number of ether oxygens (including phenoxy) is 2. The van der Waals surface area contributed by atoms with E-state index in [1.807, 2.05) is 6.92 Å². The maximum atomic E-state index is 13.2. The fourth-order valence-corrected chi connectivity index (χ4v) is 3.58. The molecule has 0 aliphatic carbocycles. The quantitative estimate of drug-likeness (QED) is 0.717. The SMILES string of the molecule is CCCn1cc(C(=O)N2CCCNC(=O)c3ccc(OC)cc3OCCNC(=O)C2)c(C)n1. The molecule has 0 fully saturated rings. The van der Waals surface area contributed by atoms with E-state index in [1.165, 1.54) is 12.0 Å². The highest BCUT2D eigenvalue weighted by molar-refractivity contribution is 5.98. The number of methoxy groups -OCH3 is 1. The summed E-state index contributed by atoms with van der Waals surface area (Å²) < 4.78 is 12.7. The fraction of sp³-hybridized carbons (Fsp3) is 0.478. The topological polar surface area (TPSA) is 115 Å². The van der Waals surface area contributed by atoms with Gasteiger partial charge in [0.15, 0.2) is 0 Å². The van der Waals surface area contributed by atoms with E-state index < -0.39 is 0 Å². The highest BCUT2D eigenvalue weighted by atomic mass is 16.5. The smallest absolute Gasteiger partial charge is 0.257 e. The van der Waals surface area contributed by atoms with Crippen molar-refractivity contribution in [1.82, 2.24) is 25.3 Å². The number of carbonyl (C=O) groups is 3. The minimum Gasteiger partial charge on any atom is -0.497 e. The van der Waals surface area contributed by atoms with E-state index in [0.717, 1.165) is 6.42 Å². The minimum atomic E-state index is -0.280. The van der Waals surface area contributed by atoms with Crippen LogP contribution in [0.25, 0.3) is 0 Å². The summed E-state index contributed by atoms with van der Waals surface area (Å²) in [6.45, 7) is 5.50. The van der Waals surface area contributed by atoms with Crippen LogP contribution in [-0.4, -0.2) is 72.3 Å². The van der Waals surface area contributed by atoms with Crippen LogP contribution in [0.1, 0.15) is 46.2 Å². The predicted octanol–water partition coefficient (Wildman–Crippen LogP) is 1.38. The van der Waals surface area contributed by atoms with Crippen molar-refractivity contribution in [3.05, 3.63) is 41.2 Å². The van der Waals surface area contributed by atoms with Gasteiger partial charge in [-0.15, -0.1) is 0 Å². The van der Waals surface area contributed by atoms with Gasteiger partial charge in [0, 0.05) is 31.9 Å². The van der Waals surface area contributed by atoms with E-state index in [-0.39, 0.29) is 37.4 Å². The lowest BCUT2D eigenvalue weighted by Crippen LogP contribution is -2.43. The first-order valence-electron chi connectivity index (χ1n) is 11.1. The molecule has 10 nitrogen and oxygen atoms in total. The van der Waals surface area contributed by atoms with Gasteiger partial charge in [0.2, 0.25) is 5.91 Å². The summed E-state index contributed by atoms with van der Waals surface area (Å²) in [5.41, 5.74) is 1.49. The average Bonchev–Trinajstić information content (AvgIpc) is 3.17. The number of fused-ring (bicyclic) bond motifs is 1. The van der Waals surface area contributed by atoms with Crippen molar-refractivity contribution in [2.75, 3.05) is 39.9 Å². The van der Waals surface area contributed by atoms with Crippen molar-refractivity contribution in [2.24, 2.45) is 0 Å². The van der Waals surface area contributed by atoms with E-state index in [4.69, 9.17) is 9.47 Å². The summed E-state index contributed by atoms with van der Waals surface area (Å²) in [5, 5.41) is 10.0. The van der Waals surface area contributed by atoms with Crippen LogP contribution >= 0.6 is 0 Å². The summed E-state index contributed by atoms with van der Waals surface area (Å²) in [6.07, 6.45) is 3.11. The fourth-order valence-electron chi connectivity index (χ4n) is 3.58. The van der Waals surface area contributed by atoms with Crippen molar-refractivity contribution in [3.8, 4) is 11.5 Å². The number of benzene rings is 1. The van der Waals surface area contributed by atoms with Gasteiger partial charge in [0.25, 0.3) is 11.8 Å². The number of carbonyl (C=O) groups excluding carboxylic acids is 3. The van der Waals surface area contributed by atoms with Gasteiger partial charge >= 0.3 is 0 Å². The Balaban J connectivity index is 1.74. The number of hydrogen-bond acceptors (Lipinski definition) is 6. The maximum absolute atomic E-state index is 13.2. The minimum absolute atomic E-state index is 0.0877. The number of hydrogen-bond donors (Lipinski definition) is 2. The van der Waals surface area contributed by atoms with Crippen LogP contribution in [0.3, 0.4) is 0 Å². The zero-order chi connectivity index (χ0) is 23.8. The Morgan fingerprint density at radius 2 is 2.06 bits per heavy atom. The van der Waals surface area contributed by atoms with Gasteiger partial charge < -0.3 is 25.0 Å². The third kappa shape index (κ3) is 6.24. The van der Waals surface area contributed by atoms with E-state index >= 15 is 0 Å². The number of nitrogens with one attached hydrogen (secondary N) is 2. The van der Waals surface area contributed by atoms with Crippen molar-refractivity contribution in [3.63, 3.8) is 0 Å². The molecule has 0 radical (unpaired) electrons. The van der Waals surface area contributed by atoms with Crippen LogP contribution in [0.5, 0.6) is 11.5 Å². The number of rotatable bonds is 4. The average molecular weight is 458 g/mol. The molecule has 0 saturated carbocycles. The number of nitrogens with zero attached hydrogens (tertiary/aromatic N) is 3. The lowest BCUT2D eigenvalue weighted by molar-refractivity contribution is -0.121. The Kier molecular flexibility index (Phi) is 8.28. The van der Waals surface area contributed by atoms with Crippen LogP contribution in [-0.2, 0) is 11.3 Å². The van der Waals surface area contributed by atoms with Crippen LogP contribution < -0.4 is 20.1 Å².